The first-order chi connectivity index (χ1) is 9.19. The van der Waals surface area contributed by atoms with E-state index in [1.165, 1.54) is 24.5 Å². The van der Waals surface area contributed by atoms with Gasteiger partial charge in [-0.1, -0.05) is 0 Å². The summed E-state index contributed by atoms with van der Waals surface area (Å²) in [5.41, 5.74) is 0.160. The maximum atomic E-state index is 12.7. The molecule has 2 aromatic rings. The Hall–Kier alpha value is -2.57. The largest absolute Gasteiger partial charge is 0.369 e. The van der Waals surface area contributed by atoms with E-state index < -0.39 is 11.7 Å². The van der Waals surface area contributed by atoms with Crippen molar-refractivity contribution in [3.8, 4) is 0 Å². The Balaban J connectivity index is 2.05. The molecule has 2 N–H and O–H groups in total. The van der Waals surface area contributed by atoms with Crippen molar-refractivity contribution in [1.29, 1.82) is 0 Å². The Morgan fingerprint density at radius 1 is 1.16 bits per heavy atom. The summed E-state index contributed by atoms with van der Waals surface area (Å²) in [6.45, 7) is 2.65. The van der Waals surface area contributed by atoms with E-state index in [9.17, 15) is 9.18 Å². The van der Waals surface area contributed by atoms with E-state index in [4.69, 9.17) is 0 Å². The molecular weight excluding hydrogens is 249 g/mol. The van der Waals surface area contributed by atoms with Gasteiger partial charge in [-0.3, -0.25) is 4.79 Å². The number of nitrogens with one attached hydrogen (secondary N) is 2. The van der Waals surface area contributed by atoms with Crippen LogP contribution in [0.1, 0.15) is 17.4 Å². The van der Waals surface area contributed by atoms with Crippen LogP contribution in [0.5, 0.6) is 0 Å². The second kappa shape index (κ2) is 5.85. The standard InChI is InChI=1S/C12H12FN5O/c1-2-14-11-7-15-9(6-17-11)12(19)18-10-4-3-8(13)5-16-10/h3-7H,2H2,1H3,(H,14,17)(H,16,18,19). The average molecular weight is 261 g/mol. The minimum atomic E-state index is -0.465. The van der Waals surface area contributed by atoms with Crippen molar-refractivity contribution in [2.45, 2.75) is 6.92 Å². The summed E-state index contributed by atoms with van der Waals surface area (Å²) in [7, 11) is 0. The zero-order valence-corrected chi connectivity index (χ0v) is 10.2. The highest BCUT2D eigenvalue weighted by Gasteiger charge is 2.09. The summed E-state index contributed by atoms with van der Waals surface area (Å²) >= 11 is 0. The number of pyridine rings is 1. The molecule has 6 nitrogen and oxygen atoms in total. The highest BCUT2D eigenvalue weighted by atomic mass is 19.1. The molecule has 19 heavy (non-hydrogen) atoms. The first-order valence-electron chi connectivity index (χ1n) is 5.68. The van der Waals surface area contributed by atoms with Gasteiger partial charge in [0.25, 0.3) is 5.91 Å². The van der Waals surface area contributed by atoms with E-state index in [0.717, 1.165) is 12.7 Å². The predicted octanol–water partition coefficient (Wildman–Crippen LogP) is 1.69. The first kappa shape index (κ1) is 12.9. The number of hydrogen-bond donors (Lipinski definition) is 2. The Labute approximate surface area is 109 Å². The molecule has 0 aliphatic carbocycles. The molecule has 2 rings (SSSR count). The molecule has 98 valence electrons. The van der Waals surface area contributed by atoms with Crippen LogP contribution in [0.4, 0.5) is 16.0 Å². The highest BCUT2D eigenvalue weighted by molar-refractivity contribution is 6.02. The maximum Gasteiger partial charge on any atom is 0.277 e. The van der Waals surface area contributed by atoms with Gasteiger partial charge in [0.1, 0.15) is 23.1 Å². The fraction of sp³-hybridized carbons (Fsp3) is 0.167. The van der Waals surface area contributed by atoms with Gasteiger partial charge >= 0.3 is 0 Å². The molecule has 0 saturated carbocycles. The Bertz CT molecular complexity index is 555. The van der Waals surface area contributed by atoms with Crippen molar-refractivity contribution in [3.05, 3.63) is 42.2 Å². The Morgan fingerprint density at radius 2 is 1.95 bits per heavy atom. The molecule has 1 amide bonds. The van der Waals surface area contributed by atoms with Gasteiger partial charge in [-0.2, -0.15) is 0 Å². The van der Waals surface area contributed by atoms with Crippen molar-refractivity contribution in [3.63, 3.8) is 0 Å². The van der Waals surface area contributed by atoms with Crippen molar-refractivity contribution >= 4 is 17.5 Å². The summed E-state index contributed by atoms with van der Waals surface area (Å²) in [5.74, 6) is -0.0645. The molecule has 0 fully saturated rings. The smallest absolute Gasteiger partial charge is 0.277 e. The fourth-order valence-corrected chi connectivity index (χ4v) is 1.35. The lowest BCUT2D eigenvalue weighted by Crippen LogP contribution is -2.15. The van der Waals surface area contributed by atoms with E-state index in [1.807, 2.05) is 6.92 Å². The molecule has 0 unspecified atom stereocenters. The van der Waals surface area contributed by atoms with Gasteiger partial charge in [0.2, 0.25) is 0 Å². The summed E-state index contributed by atoms with van der Waals surface area (Å²) < 4.78 is 12.7. The molecule has 0 spiro atoms. The van der Waals surface area contributed by atoms with Crippen LogP contribution in [0.3, 0.4) is 0 Å². The van der Waals surface area contributed by atoms with Crippen LogP contribution in [0.15, 0.2) is 30.7 Å². The third kappa shape index (κ3) is 3.44. The van der Waals surface area contributed by atoms with E-state index in [0.29, 0.717) is 5.82 Å². The van der Waals surface area contributed by atoms with E-state index in [1.54, 1.807) is 0 Å². The minimum absolute atomic E-state index is 0.160. The molecule has 0 aliphatic rings. The quantitative estimate of drug-likeness (QED) is 0.875. The average Bonchev–Trinajstić information content (AvgIpc) is 2.42. The van der Waals surface area contributed by atoms with Gasteiger partial charge in [-0.05, 0) is 19.1 Å². The molecule has 0 radical (unpaired) electrons. The summed E-state index contributed by atoms with van der Waals surface area (Å²) in [5, 5.41) is 5.47. The van der Waals surface area contributed by atoms with Gasteiger partial charge in [0, 0.05) is 6.54 Å². The number of hydrogen-bond acceptors (Lipinski definition) is 5. The van der Waals surface area contributed by atoms with Crippen LogP contribution in [0.25, 0.3) is 0 Å². The third-order valence-corrected chi connectivity index (χ3v) is 2.21. The van der Waals surface area contributed by atoms with Crippen LogP contribution < -0.4 is 10.6 Å². The fourth-order valence-electron chi connectivity index (χ4n) is 1.35. The molecule has 0 atom stereocenters. The Kier molecular flexibility index (Phi) is 3.97. The van der Waals surface area contributed by atoms with E-state index >= 15 is 0 Å². The lowest BCUT2D eigenvalue weighted by molar-refractivity contribution is 0.102. The lowest BCUT2D eigenvalue weighted by Gasteiger charge is -2.04. The first-order valence-corrected chi connectivity index (χ1v) is 5.68. The summed E-state index contributed by atoms with van der Waals surface area (Å²) in [6.07, 6.45) is 3.85. The second-order valence-electron chi connectivity index (χ2n) is 3.63. The van der Waals surface area contributed by atoms with Gasteiger partial charge in [-0.25, -0.2) is 19.3 Å². The van der Waals surface area contributed by atoms with Crippen molar-refractivity contribution in [2.75, 3.05) is 17.2 Å². The number of carbonyl (C=O) groups excluding carboxylic acids is 1. The lowest BCUT2D eigenvalue weighted by atomic mass is 10.4. The molecular formula is C12H12FN5O. The van der Waals surface area contributed by atoms with Gasteiger partial charge in [0.05, 0.1) is 18.6 Å². The van der Waals surface area contributed by atoms with Gasteiger partial charge in [0.15, 0.2) is 0 Å². The normalized spacial score (nSPS) is 10.0. The Morgan fingerprint density at radius 3 is 2.53 bits per heavy atom. The number of aromatic nitrogens is 3. The number of rotatable bonds is 4. The molecule has 0 aliphatic heterocycles. The number of anilines is 2. The molecule has 0 saturated heterocycles. The monoisotopic (exact) mass is 261 g/mol. The van der Waals surface area contributed by atoms with Crippen LogP contribution in [0.2, 0.25) is 0 Å². The second-order valence-corrected chi connectivity index (χ2v) is 3.63. The minimum Gasteiger partial charge on any atom is -0.369 e. The molecule has 2 aromatic heterocycles. The van der Waals surface area contributed by atoms with Gasteiger partial charge in [-0.15, -0.1) is 0 Å². The topological polar surface area (TPSA) is 79.8 Å². The zero-order valence-electron chi connectivity index (χ0n) is 10.2. The van der Waals surface area contributed by atoms with Crippen molar-refractivity contribution in [2.24, 2.45) is 0 Å². The third-order valence-electron chi connectivity index (χ3n) is 2.21. The molecule has 7 heteroatoms. The summed E-state index contributed by atoms with van der Waals surface area (Å²) in [4.78, 5) is 23.5. The number of nitrogens with zero attached hydrogens (tertiary/aromatic N) is 3. The van der Waals surface area contributed by atoms with Crippen LogP contribution in [0, 0.1) is 5.82 Å². The molecule has 0 bridgehead atoms. The number of amides is 1. The van der Waals surface area contributed by atoms with Crippen molar-refractivity contribution < 1.29 is 9.18 Å². The van der Waals surface area contributed by atoms with E-state index in [-0.39, 0.29) is 11.5 Å². The van der Waals surface area contributed by atoms with Crippen LogP contribution in [-0.2, 0) is 0 Å². The van der Waals surface area contributed by atoms with Crippen LogP contribution in [-0.4, -0.2) is 27.4 Å². The van der Waals surface area contributed by atoms with Crippen LogP contribution >= 0.6 is 0 Å². The van der Waals surface area contributed by atoms with E-state index in [2.05, 4.69) is 25.6 Å². The maximum absolute atomic E-state index is 12.7. The predicted molar refractivity (Wildman–Crippen MR) is 68.3 cm³/mol. The van der Waals surface area contributed by atoms with Crippen molar-refractivity contribution in [1.82, 2.24) is 15.0 Å². The highest BCUT2D eigenvalue weighted by Crippen LogP contribution is 2.06. The SMILES string of the molecule is CCNc1cnc(C(=O)Nc2ccc(F)cn2)cn1. The molecule has 2 heterocycles. The van der Waals surface area contributed by atoms with Gasteiger partial charge < -0.3 is 10.6 Å². The molecule has 0 aromatic carbocycles. The zero-order chi connectivity index (χ0) is 13.7. The summed E-state index contributed by atoms with van der Waals surface area (Å²) in [6, 6.07) is 2.58. The number of halogens is 1. The number of carbonyl (C=O) groups is 1.